The Morgan fingerprint density at radius 2 is 0.430 bits per heavy atom. The molecule has 8 nitrogen and oxygen atoms in total. The number of rotatable bonds is 8. The number of aromatic nitrogens is 8. The van der Waals surface area contributed by atoms with Crippen molar-refractivity contribution in [3.05, 3.63) is 437 Å². The zero-order valence-corrected chi connectivity index (χ0v) is 69.1. The zero-order chi connectivity index (χ0) is 83.8. The maximum atomic E-state index is 5.41. The lowest BCUT2D eigenvalue weighted by atomic mass is 9.94. The van der Waals surface area contributed by atoms with E-state index >= 15 is 0 Å². The summed E-state index contributed by atoms with van der Waals surface area (Å²) in [5.41, 5.74) is 21.6. The molecule has 6 aromatic heterocycles. The standard InChI is InChI=1S/2C60H36N4/c1-4-15-42-35-57-52(32-39(42)12-1)49-17-8-10-20-55(49)64(57)46-28-30-50-53-33-40-13-2-3-14-41(40)34-56(53)63(58(50)36-46)45-26-23-38(24-27-45)60-61-54-19-9-7-18-51(54)59(62-60)44-25-29-48-43(31-44)22-21-37-11-5-6-16-47(37)48;1-4-16-41-35-57-51(31-38(41)13-1)48-21-10-12-24-55(48)64(57)44-29-30-49-52-32-39-14-2-3-15-40(39)34-56(52)63(58(49)36-44)43-27-25-37(26-28-43)60-61-54-23-11-9-22-50(54)59(62-60)53-33-42-17-5-6-18-45(42)46-19-7-8-20-47(46)53/h2*1-36H. The summed E-state index contributed by atoms with van der Waals surface area (Å²) in [7, 11) is 0. The zero-order valence-electron chi connectivity index (χ0n) is 69.1. The van der Waals surface area contributed by atoms with Gasteiger partial charge in [0.1, 0.15) is 0 Å². The van der Waals surface area contributed by atoms with E-state index in [1.165, 1.54) is 162 Å². The Morgan fingerprint density at radius 3 is 0.891 bits per heavy atom. The molecule has 28 rings (SSSR count). The largest absolute Gasteiger partial charge is 0.309 e. The first kappa shape index (κ1) is 71.4. The van der Waals surface area contributed by atoms with Crippen molar-refractivity contribution in [2.75, 3.05) is 0 Å². The lowest BCUT2D eigenvalue weighted by Crippen LogP contribution is -1.98. The molecule has 22 aromatic carbocycles. The van der Waals surface area contributed by atoms with Gasteiger partial charge in [0.2, 0.25) is 0 Å². The molecule has 0 aliphatic carbocycles. The maximum Gasteiger partial charge on any atom is 0.160 e. The number of benzene rings is 22. The van der Waals surface area contributed by atoms with E-state index in [-0.39, 0.29) is 0 Å². The van der Waals surface area contributed by atoms with Gasteiger partial charge in [0, 0.05) is 98.9 Å². The average molecular weight is 1630 g/mol. The van der Waals surface area contributed by atoms with E-state index in [0.29, 0.717) is 11.6 Å². The maximum absolute atomic E-state index is 5.41. The highest BCUT2D eigenvalue weighted by atomic mass is 15.0. The van der Waals surface area contributed by atoms with Gasteiger partial charge in [-0.2, -0.15) is 0 Å². The van der Waals surface area contributed by atoms with E-state index in [1.54, 1.807) is 0 Å². The van der Waals surface area contributed by atoms with Crippen molar-refractivity contribution in [2.24, 2.45) is 0 Å². The van der Waals surface area contributed by atoms with Crippen molar-refractivity contribution in [1.82, 2.24) is 38.2 Å². The first-order valence-electron chi connectivity index (χ1n) is 43.8. The fourth-order valence-corrected chi connectivity index (χ4v) is 20.9. The van der Waals surface area contributed by atoms with Gasteiger partial charge in [0.25, 0.3) is 0 Å². The molecule has 0 amide bonds. The Morgan fingerprint density at radius 1 is 0.141 bits per heavy atom. The van der Waals surface area contributed by atoms with E-state index in [4.69, 9.17) is 19.9 Å². The van der Waals surface area contributed by atoms with Crippen LogP contribution in [0.2, 0.25) is 0 Å². The van der Waals surface area contributed by atoms with Crippen LogP contribution in [0.25, 0.3) is 263 Å². The number of hydrogen-bond donors (Lipinski definition) is 0. The van der Waals surface area contributed by atoms with Crippen LogP contribution in [0.3, 0.4) is 0 Å². The van der Waals surface area contributed by atoms with Crippen molar-refractivity contribution in [3.8, 4) is 68.0 Å². The van der Waals surface area contributed by atoms with E-state index in [1.807, 2.05) is 0 Å². The normalized spacial score (nSPS) is 12.1. The third-order valence-electron chi connectivity index (χ3n) is 26.8. The van der Waals surface area contributed by atoms with Gasteiger partial charge in [0.05, 0.1) is 66.6 Å². The highest BCUT2D eigenvalue weighted by Gasteiger charge is 2.24. The summed E-state index contributed by atoms with van der Waals surface area (Å²) in [4.78, 5) is 21.1. The van der Waals surface area contributed by atoms with Gasteiger partial charge in [-0.25, -0.2) is 19.9 Å². The molecule has 592 valence electrons. The lowest BCUT2D eigenvalue weighted by Gasteiger charge is -2.14. The molecule has 8 heteroatoms. The molecule has 0 spiro atoms. The second kappa shape index (κ2) is 28.2. The van der Waals surface area contributed by atoms with Crippen LogP contribution in [0.5, 0.6) is 0 Å². The molecule has 6 heterocycles. The Labute approximate surface area is 733 Å². The van der Waals surface area contributed by atoms with Gasteiger partial charge in [-0.1, -0.05) is 279 Å². The summed E-state index contributed by atoms with van der Waals surface area (Å²) in [6.45, 7) is 0. The van der Waals surface area contributed by atoms with Crippen LogP contribution in [-0.2, 0) is 0 Å². The lowest BCUT2D eigenvalue weighted by molar-refractivity contribution is 1.15. The van der Waals surface area contributed by atoms with E-state index < -0.39 is 0 Å². The first-order valence-corrected chi connectivity index (χ1v) is 43.8. The molecule has 128 heavy (non-hydrogen) atoms. The van der Waals surface area contributed by atoms with Crippen molar-refractivity contribution >= 4 is 195 Å². The van der Waals surface area contributed by atoms with E-state index in [2.05, 4.69) is 455 Å². The third-order valence-corrected chi connectivity index (χ3v) is 26.8. The van der Waals surface area contributed by atoms with E-state index in [9.17, 15) is 0 Å². The molecule has 0 saturated heterocycles. The van der Waals surface area contributed by atoms with Gasteiger partial charge in [-0.3, -0.25) is 0 Å². The minimum atomic E-state index is 0.701. The minimum Gasteiger partial charge on any atom is -0.309 e. The molecular weight excluding hydrogens is 1550 g/mol. The topological polar surface area (TPSA) is 71.3 Å². The number of nitrogens with zero attached hydrogens (tertiary/aromatic N) is 8. The van der Waals surface area contributed by atoms with Crippen LogP contribution in [0.15, 0.2) is 437 Å². The summed E-state index contributed by atoms with van der Waals surface area (Å²) < 4.78 is 9.73. The number of hydrogen-bond acceptors (Lipinski definition) is 4. The predicted molar refractivity (Wildman–Crippen MR) is 538 cm³/mol. The second-order valence-electron chi connectivity index (χ2n) is 34.0. The van der Waals surface area contributed by atoms with Crippen molar-refractivity contribution in [1.29, 1.82) is 0 Å². The fourth-order valence-electron chi connectivity index (χ4n) is 20.9. The summed E-state index contributed by atoms with van der Waals surface area (Å²) in [5, 5.41) is 31.6. The molecule has 0 radical (unpaired) electrons. The summed E-state index contributed by atoms with van der Waals surface area (Å²) in [5.74, 6) is 1.40. The molecule has 28 aromatic rings. The van der Waals surface area contributed by atoms with Gasteiger partial charge < -0.3 is 18.3 Å². The molecule has 0 unspecified atom stereocenters. The molecule has 0 fully saturated rings. The Hall–Kier alpha value is -17.2. The highest BCUT2D eigenvalue weighted by Crippen LogP contribution is 2.46. The molecule has 0 saturated carbocycles. The Bertz CT molecular complexity index is 9600. The Balaban J connectivity index is 0.000000132. The SMILES string of the molecule is c1ccc2cc3c(cc2c1)c1ccccc1n3-c1ccc2c3cc4ccccc4cc3n(-c3ccc(-c4nc(-c5cc6ccccc6c6ccccc56)c5ccccc5n4)cc3)c2c1.c1ccc2cc3c(cc2c1)c1ccccc1n3-c1ccc2c3cc4ccccc4cc3n(-c3ccc(-c4nc(-c5ccc6c(ccc7ccccc76)c5)c5ccccc5n4)cc3)c2c1. The Kier molecular flexibility index (Phi) is 15.7. The molecular formula is C120H72N8. The van der Waals surface area contributed by atoms with Gasteiger partial charge in [-0.05, 0) is 244 Å². The fraction of sp³-hybridized carbons (Fsp3) is 0. The van der Waals surface area contributed by atoms with Crippen molar-refractivity contribution < 1.29 is 0 Å². The van der Waals surface area contributed by atoms with Crippen LogP contribution in [0, 0.1) is 0 Å². The monoisotopic (exact) mass is 1620 g/mol. The van der Waals surface area contributed by atoms with Gasteiger partial charge in [0.15, 0.2) is 11.6 Å². The summed E-state index contributed by atoms with van der Waals surface area (Å²) >= 11 is 0. The molecule has 0 aliphatic heterocycles. The second-order valence-corrected chi connectivity index (χ2v) is 34.0. The van der Waals surface area contributed by atoms with Crippen LogP contribution >= 0.6 is 0 Å². The summed E-state index contributed by atoms with van der Waals surface area (Å²) in [6.07, 6.45) is 0. The molecule has 0 N–H and O–H groups in total. The van der Waals surface area contributed by atoms with Gasteiger partial charge >= 0.3 is 0 Å². The van der Waals surface area contributed by atoms with Crippen LogP contribution in [-0.4, -0.2) is 38.2 Å². The van der Waals surface area contributed by atoms with E-state index in [0.717, 1.165) is 89.2 Å². The first-order chi connectivity index (χ1) is 63.4. The third kappa shape index (κ3) is 11.2. The molecule has 0 atom stereocenters. The quantitative estimate of drug-likeness (QED) is 0.142. The minimum absolute atomic E-state index is 0.701. The number of para-hydroxylation sites is 4. The smallest absolute Gasteiger partial charge is 0.160 e. The van der Waals surface area contributed by atoms with Crippen LogP contribution in [0.1, 0.15) is 0 Å². The highest BCUT2D eigenvalue weighted by molar-refractivity contribution is 6.21. The number of fused-ring (bicyclic) bond motifs is 24. The molecule has 0 aliphatic rings. The van der Waals surface area contributed by atoms with Gasteiger partial charge in [-0.15, -0.1) is 0 Å². The van der Waals surface area contributed by atoms with Crippen LogP contribution in [0.4, 0.5) is 0 Å². The van der Waals surface area contributed by atoms with Crippen molar-refractivity contribution in [3.63, 3.8) is 0 Å². The average Bonchev–Trinajstić information content (AvgIpc) is 1.60. The van der Waals surface area contributed by atoms with Crippen LogP contribution < -0.4 is 0 Å². The van der Waals surface area contributed by atoms with Crippen molar-refractivity contribution in [2.45, 2.75) is 0 Å². The molecule has 0 bridgehead atoms. The summed E-state index contributed by atoms with van der Waals surface area (Å²) in [6, 6.07) is 159. The predicted octanol–water partition coefficient (Wildman–Crippen LogP) is 31.5.